The minimum absolute atomic E-state index is 0.0183. The van der Waals surface area contributed by atoms with Crippen molar-refractivity contribution in [3.63, 3.8) is 0 Å². The molecule has 1 atom stereocenters. The number of halogens is 7. The number of aliphatic hydroxyl groups excluding tert-OH is 1. The molecule has 0 fully saturated rings. The number of alkyl halides is 6. The van der Waals surface area contributed by atoms with Crippen molar-refractivity contribution in [1.82, 2.24) is 34.1 Å². The first kappa shape index (κ1) is 28.9. The van der Waals surface area contributed by atoms with Gasteiger partial charge in [0, 0.05) is 28.8 Å². The van der Waals surface area contributed by atoms with E-state index in [1.807, 2.05) is 0 Å². The molecule has 212 valence electrons. The zero-order valence-corrected chi connectivity index (χ0v) is 20.8. The number of carbonyl (C=O) groups is 1. The molecule has 0 amide bonds. The van der Waals surface area contributed by atoms with Crippen LogP contribution in [-0.2, 0) is 24.3 Å². The van der Waals surface area contributed by atoms with Gasteiger partial charge in [0.25, 0.3) is 0 Å². The Bertz CT molecular complexity index is 1560. The Labute approximate surface area is 225 Å². The average Bonchev–Trinajstić information content (AvgIpc) is 3.43. The number of Topliss-reactive ketones (excluding diaryl/α,β-unsaturated/α-hetero) is 1. The molecule has 0 saturated carbocycles. The summed E-state index contributed by atoms with van der Waals surface area (Å²) in [6, 6.07) is 8.57. The summed E-state index contributed by atoms with van der Waals surface area (Å²) in [6.45, 7) is -1.55. The molecule has 0 unspecified atom stereocenters. The van der Waals surface area contributed by atoms with Gasteiger partial charge in [-0.25, -0.2) is 24.1 Å². The van der Waals surface area contributed by atoms with Crippen molar-refractivity contribution in [3.05, 3.63) is 75.8 Å². The fourth-order valence-corrected chi connectivity index (χ4v) is 3.80. The summed E-state index contributed by atoms with van der Waals surface area (Å²) in [5, 5.41) is 18.2. The third-order valence-electron chi connectivity index (χ3n) is 5.46. The minimum atomic E-state index is -5.00. The highest BCUT2D eigenvalue weighted by Gasteiger charge is 2.39. The maximum Gasteiger partial charge on any atom is 0.416 e. The maximum absolute atomic E-state index is 13.0. The van der Waals surface area contributed by atoms with Crippen LogP contribution in [0.5, 0.6) is 0 Å². The van der Waals surface area contributed by atoms with Gasteiger partial charge in [-0.2, -0.15) is 26.3 Å². The van der Waals surface area contributed by atoms with Crippen LogP contribution in [0.25, 0.3) is 17.2 Å². The number of nitrogens with zero attached hydrogens (tertiary/aromatic N) is 7. The summed E-state index contributed by atoms with van der Waals surface area (Å²) in [4.78, 5) is 33.0. The van der Waals surface area contributed by atoms with Crippen molar-refractivity contribution in [3.8, 4) is 17.2 Å². The molecular weight excluding hydrogens is 572 g/mol. The lowest BCUT2D eigenvalue weighted by molar-refractivity contribution is -0.207. The van der Waals surface area contributed by atoms with Crippen molar-refractivity contribution in [2.45, 2.75) is 44.4 Å². The molecule has 17 heteroatoms. The lowest BCUT2D eigenvalue weighted by atomic mass is 10.1. The van der Waals surface area contributed by atoms with Crippen molar-refractivity contribution in [1.29, 1.82) is 0 Å². The number of pyridine rings is 1. The molecule has 10 nitrogen and oxygen atoms in total. The molecule has 1 aromatic carbocycles. The molecule has 3 aromatic heterocycles. The number of aliphatic hydroxyl groups is 1. The van der Waals surface area contributed by atoms with E-state index < -0.39 is 55.9 Å². The van der Waals surface area contributed by atoms with E-state index in [9.17, 15) is 41.0 Å². The molecule has 0 aliphatic rings. The van der Waals surface area contributed by atoms with Crippen LogP contribution in [0.1, 0.15) is 17.8 Å². The Hall–Kier alpha value is -4.05. The van der Waals surface area contributed by atoms with E-state index in [2.05, 4.69) is 20.2 Å². The van der Waals surface area contributed by atoms with Gasteiger partial charge in [0.05, 0.1) is 6.54 Å². The van der Waals surface area contributed by atoms with Crippen LogP contribution in [0.3, 0.4) is 0 Å². The summed E-state index contributed by atoms with van der Waals surface area (Å²) in [5.74, 6) is -1.30. The Morgan fingerprint density at radius 1 is 1.02 bits per heavy atom. The molecule has 4 rings (SSSR count). The van der Waals surface area contributed by atoms with Gasteiger partial charge in [0.1, 0.15) is 25.1 Å². The Morgan fingerprint density at radius 2 is 1.73 bits per heavy atom. The highest BCUT2D eigenvalue weighted by atomic mass is 35.5. The van der Waals surface area contributed by atoms with Gasteiger partial charge < -0.3 is 5.11 Å². The van der Waals surface area contributed by atoms with E-state index in [0.29, 0.717) is 9.59 Å². The van der Waals surface area contributed by atoms with E-state index in [1.54, 1.807) is 0 Å². The highest BCUT2D eigenvalue weighted by molar-refractivity contribution is 6.30. The third-order valence-corrected chi connectivity index (χ3v) is 5.71. The summed E-state index contributed by atoms with van der Waals surface area (Å²) >= 11 is 5.87. The van der Waals surface area contributed by atoms with Gasteiger partial charge in [0.2, 0.25) is 0 Å². The third kappa shape index (κ3) is 6.93. The van der Waals surface area contributed by atoms with Crippen LogP contribution in [0.15, 0.2) is 53.7 Å². The summed E-state index contributed by atoms with van der Waals surface area (Å²) in [7, 11) is 0. The van der Waals surface area contributed by atoms with Crippen molar-refractivity contribution in [2.24, 2.45) is 0 Å². The second-order valence-corrected chi connectivity index (χ2v) is 8.97. The summed E-state index contributed by atoms with van der Waals surface area (Å²) in [5.41, 5.74) is -0.614. The van der Waals surface area contributed by atoms with Crippen LogP contribution in [-0.4, -0.2) is 63.4 Å². The number of aromatic nitrogens is 7. The first-order valence-electron chi connectivity index (χ1n) is 11.3. The number of carbonyl (C=O) groups excluding carboxylic acids is 1. The topological polar surface area (TPSA) is 121 Å². The van der Waals surface area contributed by atoms with Crippen molar-refractivity contribution < 1.29 is 36.2 Å². The number of benzene rings is 1. The minimum Gasteiger partial charge on any atom is -0.382 e. The Balaban J connectivity index is 1.64. The first-order chi connectivity index (χ1) is 18.7. The monoisotopic (exact) mass is 589 g/mol. The standard InChI is InChI=1S/C23H18ClF6N7O3/c24-15-5-3-13(4-6-15)20-34-36(21(40)35(20)10-17(39)23(28,29)30)11-18-32-12-37(33-18)19-14(2-1-7-31-19)8-16(38)9-22(25,26)27/h1-7,12,17,39H,8-11H2/t17-/m0/s1. The molecule has 0 spiro atoms. The van der Waals surface area contributed by atoms with Crippen LogP contribution in [0, 0.1) is 0 Å². The highest BCUT2D eigenvalue weighted by Crippen LogP contribution is 2.25. The predicted octanol–water partition coefficient (Wildman–Crippen LogP) is 3.38. The fourth-order valence-electron chi connectivity index (χ4n) is 3.68. The number of rotatable bonds is 9. The molecule has 0 aliphatic carbocycles. The maximum atomic E-state index is 13.0. The molecular formula is C23H18ClF6N7O3. The number of hydrogen-bond donors (Lipinski definition) is 1. The summed E-state index contributed by atoms with van der Waals surface area (Å²) < 4.78 is 79.4. The molecule has 4 aromatic rings. The fraction of sp³-hybridized carbons (Fsp3) is 0.304. The molecule has 0 aliphatic heterocycles. The van der Waals surface area contributed by atoms with Gasteiger partial charge in [-0.1, -0.05) is 17.7 Å². The van der Waals surface area contributed by atoms with E-state index in [1.165, 1.54) is 42.6 Å². The molecule has 40 heavy (non-hydrogen) atoms. The van der Waals surface area contributed by atoms with Crippen LogP contribution >= 0.6 is 11.6 Å². The zero-order chi connectivity index (χ0) is 29.2. The molecule has 3 heterocycles. The van der Waals surface area contributed by atoms with E-state index in [0.717, 1.165) is 15.7 Å². The van der Waals surface area contributed by atoms with Crippen molar-refractivity contribution >= 4 is 17.4 Å². The van der Waals surface area contributed by atoms with Crippen LogP contribution < -0.4 is 5.69 Å². The van der Waals surface area contributed by atoms with Crippen LogP contribution in [0.2, 0.25) is 5.02 Å². The average molecular weight is 590 g/mol. The molecule has 1 N–H and O–H groups in total. The first-order valence-corrected chi connectivity index (χ1v) is 11.7. The number of hydrogen-bond acceptors (Lipinski definition) is 7. The zero-order valence-electron chi connectivity index (χ0n) is 20.1. The quantitative estimate of drug-likeness (QED) is 0.297. The van der Waals surface area contributed by atoms with Crippen molar-refractivity contribution in [2.75, 3.05) is 0 Å². The molecule has 0 radical (unpaired) electrons. The largest absolute Gasteiger partial charge is 0.416 e. The van der Waals surface area contributed by atoms with Crippen LogP contribution in [0.4, 0.5) is 26.3 Å². The number of ketones is 1. The normalized spacial score (nSPS) is 13.0. The summed E-state index contributed by atoms with van der Waals surface area (Å²) in [6.07, 6.45) is -12.2. The van der Waals surface area contributed by atoms with Gasteiger partial charge >= 0.3 is 18.0 Å². The SMILES string of the molecule is O=C(Cc1cccnc1-n1cnc(Cn2nc(-c3ccc(Cl)cc3)n(C[C@H](O)C(F)(F)F)c2=O)n1)CC(F)(F)F. The second kappa shape index (κ2) is 11.2. The van der Waals surface area contributed by atoms with E-state index in [4.69, 9.17) is 11.6 Å². The lowest BCUT2D eigenvalue weighted by Crippen LogP contribution is -2.37. The van der Waals surface area contributed by atoms with E-state index in [-0.39, 0.29) is 28.6 Å². The predicted molar refractivity (Wildman–Crippen MR) is 127 cm³/mol. The van der Waals surface area contributed by atoms with Gasteiger partial charge in [-0.05, 0) is 30.3 Å². The molecule has 0 bridgehead atoms. The smallest absolute Gasteiger partial charge is 0.382 e. The van der Waals surface area contributed by atoms with Gasteiger partial charge in [-0.15, -0.1) is 10.2 Å². The van der Waals surface area contributed by atoms with Gasteiger partial charge in [-0.3, -0.25) is 9.36 Å². The lowest BCUT2D eigenvalue weighted by Gasteiger charge is -2.15. The Morgan fingerprint density at radius 3 is 2.38 bits per heavy atom. The van der Waals surface area contributed by atoms with Gasteiger partial charge in [0.15, 0.2) is 23.6 Å². The second-order valence-electron chi connectivity index (χ2n) is 8.54. The Kier molecular flexibility index (Phi) is 8.11. The molecule has 0 saturated heterocycles. The van der Waals surface area contributed by atoms with E-state index >= 15 is 0 Å².